The largest absolute Gasteiger partial charge is 0.466 e. The number of hydrogen-bond donors (Lipinski definition) is 0. The minimum absolute atomic E-state index is 0.236. The van der Waals surface area contributed by atoms with Crippen molar-refractivity contribution in [2.45, 2.75) is 180 Å². The molecule has 0 aliphatic carbocycles. The van der Waals surface area contributed by atoms with Gasteiger partial charge in [-0.1, -0.05) is 140 Å². The van der Waals surface area contributed by atoms with Crippen LogP contribution in [0.3, 0.4) is 0 Å². The van der Waals surface area contributed by atoms with E-state index in [4.69, 9.17) is 14.2 Å². The van der Waals surface area contributed by atoms with E-state index in [1.165, 1.54) is 88.4 Å². The third-order valence-electron chi connectivity index (χ3n) is 9.25. The highest BCUT2D eigenvalue weighted by atomic mass is 16.6. The lowest BCUT2D eigenvalue weighted by molar-refractivity contribution is -0.160. The minimum Gasteiger partial charge on any atom is -0.466 e. The Labute approximate surface area is 332 Å². The van der Waals surface area contributed by atoms with E-state index in [-0.39, 0.29) is 13.0 Å². The molecule has 0 aromatic carbocycles. The molecule has 0 aliphatic heterocycles. The van der Waals surface area contributed by atoms with Gasteiger partial charge >= 0.3 is 18.0 Å². The molecule has 312 valence electrons. The average Bonchev–Trinajstić information content (AvgIpc) is 3.15. The molecular formula is C46H82N2O6. The van der Waals surface area contributed by atoms with Gasteiger partial charge in [0.2, 0.25) is 6.10 Å². The molecule has 0 bridgehead atoms. The summed E-state index contributed by atoms with van der Waals surface area (Å²) in [6.07, 6.45) is 43.0. The van der Waals surface area contributed by atoms with Crippen LogP contribution in [0.25, 0.3) is 0 Å². The summed E-state index contributed by atoms with van der Waals surface area (Å²) in [4.78, 5) is 41.7. The number of likely N-dealkylation sites (N-methyl/N-ethyl adjacent to an activating group) is 2. The zero-order valence-electron chi connectivity index (χ0n) is 35.5. The van der Waals surface area contributed by atoms with Crippen LogP contribution in [0.5, 0.6) is 0 Å². The van der Waals surface area contributed by atoms with Gasteiger partial charge in [-0.25, -0.2) is 9.59 Å². The first kappa shape index (κ1) is 51.1. The zero-order chi connectivity index (χ0) is 39.7. The summed E-state index contributed by atoms with van der Waals surface area (Å²) < 4.78 is 16.4. The van der Waals surface area contributed by atoms with Crippen LogP contribution in [0.1, 0.15) is 174 Å². The van der Waals surface area contributed by atoms with Crippen molar-refractivity contribution in [2.24, 2.45) is 0 Å². The second-order valence-corrected chi connectivity index (χ2v) is 14.9. The quantitative estimate of drug-likeness (QED) is 0.0270. The number of rotatable bonds is 37. The maximum absolute atomic E-state index is 12.9. The van der Waals surface area contributed by atoms with Gasteiger partial charge in [0.1, 0.15) is 0 Å². The van der Waals surface area contributed by atoms with E-state index in [2.05, 4.69) is 62.5 Å². The van der Waals surface area contributed by atoms with Crippen molar-refractivity contribution in [3.63, 3.8) is 0 Å². The van der Waals surface area contributed by atoms with Gasteiger partial charge in [-0.15, -0.1) is 0 Å². The fourth-order valence-corrected chi connectivity index (χ4v) is 5.67. The molecule has 0 heterocycles. The van der Waals surface area contributed by atoms with Crippen molar-refractivity contribution >= 4 is 18.0 Å². The summed E-state index contributed by atoms with van der Waals surface area (Å²) >= 11 is 0. The molecular weight excluding hydrogens is 677 g/mol. The van der Waals surface area contributed by atoms with Crippen molar-refractivity contribution in [3.8, 4) is 0 Å². The van der Waals surface area contributed by atoms with Gasteiger partial charge in [0, 0.05) is 20.1 Å². The van der Waals surface area contributed by atoms with E-state index in [1.54, 1.807) is 7.05 Å². The number of amides is 1. The number of hydrogen-bond acceptors (Lipinski definition) is 7. The van der Waals surface area contributed by atoms with Gasteiger partial charge in [-0.2, -0.15) is 0 Å². The molecule has 0 unspecified atom stereocenters. The van der Waals surface area contributed by atoms with Gasteiger partial charge in [0.05, 0.1) is 19.6 Å². The SMILES string of the molecule is CCCCC/C=C\C/C=C\CCCCCCCCOC(=O)C[C@H](OC(=O)N(C)CCN(C)C)C(=O)OCCCCCCCC/C=C\C/C=C\CCCCC. The molecule has 0 rings (SSSR count). The lowest BCUT2D eigenvalue weighted by atomic mass is 10.1. The lowest BCUT2D eigenvalue weighted by Crippen LogP contribution is -2.39. The maximum Gasteiger partial charge on any atom is 0.410 e. The Balaban J connectivity index is 4.30. The maximum atomic E-state index is 12.9. The summed E-state index contributed by atoms with van der Waals surface area (Å²) in [6.45, 7) is 6.07. The fourth-order valence-electron chi connectivity index (χ4n) is 5.67. The Morgan fingerprint density at radius 1 is 0.500 bits per heavy atom. The Bertz CT molecular complexity index is 1010. The fraction of sp³-hybridized carbons (Fsp3) is 0.761. The van der Waals surface area contributed by atoms with E-state index in [0.717, 1.165) is 70.6 Å². The molecule has 54 heavy (non-hydrogen) atoms. The predicted molar refractivity (Wildman–Crippen MR) is 227 cm³/mol. The standard InChI is InChI=1S/C46H82N2O6/c1-6-8-10-12-14-16-18-20-22-24-26-28-30-32-34-36-40-52-44(49)42-43(54-46(51)48(5)39-38-47(3)4)45(50)53-41-37-35-33-31-29-27-25-23-21-19-17-15-13-11-9-7-2/h14-17,20-23,43H,6-13,18-19,24-42H2,1-5H3/b16-14-,17-15-,22-20-,23-21-/t43-/m0/s1. The third-order valence-corrected chi connectivity index (χ3v) is 9.25. The normalized spacial score (nSPS) is 12.5. The van der Waals surface area contributed by atoms with E-state index in [9.17, 15) is 14.4 Å². The molecule has 0 spiro atoms. The minimum atomic E-state index is -1.33. The van der Waals surface area contributed by atoms with Crippen molar-refractivity contribution in [1.29, 1.82) is 0 Å². The highest BCUT2D eigenvalue weighted by molar-refractivity contribution is 5.84. The number of carbonyl (C=O) groups is 3. The predicted octanol–water partition coefficient (Wildman–Crippen LogP) is 12.1. The van der Waals surface area contributed by atoms with Gasteiger partial charge in [-0.05, 0) is 91.1 Å². The average molecular weight is 759 g/mol. The molecule has 0 aromatic heterocycles. The first-order chi connectivity index (χ1) is 26.3. The van der Waals surface area contributed by atoms with Gasteiger partial charge in [0.25, 0.3) is 0 Å². The second kappa shape index (κ2) is 39.8. The number of esters is 2. The van der Waals surface area contributed by atoms with E-state index in [0.29, 0.717) is 19.7 Å². The molecule has 1 atom stereocenters. The molecule has 0 saturated heterocycles. The molecule has 0 radical (unpaired) electrons. The number of ether oxygens (including phenoxy) is 3. The van der Waals surface area contributed by atoms with Gasteiger partial charge in [-0.3, -0.25) is 4.79 Å². The van der Waals surface area contributed by atoms with E-state index in [1.807, 2.05) is 19.0 Å². The Morgan fingerprint density at radius 3 is 1.35 bits per heavy atom. The summed E-state index contributed by atoms with van der Waals surface area (Å²) in [5.41, 5.74) is 0. The first-order valence-corrected chi connectivity index (χ1v) is 21.8. The van der Waals surface area contributed by atoms with Gasteiger partial charge < -0.3 is 24.0 Å². The number of nitrogens with zero attached hydrogens (tertiary/aromatic N) is 2. The van der Waals surface area contributed by atoms with E-state index < -0.39 is 24.1 Å². The molecule has 0 N–H and O–H groups in total. The molecule has 1 amide bonds. The van der Waals surface area contributed by atoms with E-state index >= 15 is 0 Å². The lowest BCUT2D eigenvalue weighted by Gasteiger charge is -2.22. The van der Waals surface area contributed by atoms with Crippen LogP contribution in [0, 0.1) is 0 Å². The second-order valence-electron chi connectivity index (χ2n) is 14.9. The Morgan fingerprint density at radius 2 is 0.907 bits per heavy atom. The molecule has 8 nitrogen and oxygen atoms in total. The third kappa shape index (κ3) is 36.1. The summed E-state index contributed by atoms with van der Waals surface area (Å²) in [6, 6.07) is 0. The van der Waals surface area contributed by atoms with Crippen molar-refractivity contribution in [2.75, 3.05) is 47.4 Å². The highest BCUT2D eigenvalue weighted by Gasteiger charge is 2.29. The smallest absolute Gasteiger partial charge is 0.410 e. The van der Waals surface area contributed by atoms with Crippen LogP contribution in [0.4, 0.5) is 4.79 Å². The highest BCUT2D eigenvalue weighted by Crippen LogP contribution is 2.12. The Kier molecular flexibility index (Phi) is 37.7. The van der Waals surface area contributed by atoms with Crippen molar-refractivity contribution in [3.05, 3.63) is 48.6 Å². The van der Waals surface area contributed by atoms with Crippen LogP contribution in [0.15, 0.2) is 48.6 Å². The summed E-state index contributed by atoms with van der Waals surface area (Å²) in [5.74, 6) is -1.25. The molecule has 0 aliphatic rings. The first-order valence-electron chi connectivity index (χ1n) is 21.8. The number of unbranched alkanes of at least 4 members (excludes halogenated alkanes) is 18. The van der Waals surface area contributed by atoms with Crippen LogP contribution in [-0.4, -0.2) is 81.4 Å². The zero-order valence-corrected chi connectivity index (χ0v) is 35.5. The number of carbonyl (C=O) groups excluding carboxylic acids is 3. The van der Waals surface area contributed by atoms with Gasteiger partial charge in [0.15, 0.2) is 0 Å². The molecule has 0 fully saturated rings. The van der Waals surface area contributed by atoms with Crippen LogP contribution in [-0.2, 0) is 23.8 Å². The van der Waals surface area contributed by atoms with Crippen molar-refractivity contribution < 1.29 is 28.6 Å². The molecule has 0 aromatic rings. The Hall–Kier alpha value is -2.87. The topological polar surface area (TPSA) is 85.4 Å². The van der Waals surface area contributed by atoms with Crippen LogP contribution < -0.4 is 0 Å². The molecule has 8 heteroatoms. The number of allylic oxidation sites excluding steroid dienone is 8. The van der Waals surface area contributed by atoms with Crippen molar-refractivity contribution in [1.82, 2.24) is 9.80 Å². The van der Waals surface area contributed by atoms with Crippen LogP contribution in [0.2, 0.25) is 0 Å². The monoisotopic (exact) mass is 759 g/mol. The van der Waals surface area contributed by atoms with Crippen LogP contribution >= 0.6 is 0 Å². The summed E-state index contributed by atoms with van der Waals surface area (Å²) in [7, 11) is 5.44. The summed E-state index contributed by atoms with van der Waals surface area (Å²) in [5, 5.41) is 0. The molecule has 0 saturated carbocycles.